The second-order valence-electron chi connectivity index (χ2n) is 8.90. The van der Waals surface area contributed by atoms with Gasteiger partial charge in [-0.25, -0.2) is 22.5 Å². The predicted molar refractivity (Wildman–Crippen MR) is 118 cm³/mol. The van der Waals surface area contributed by atoms with Crippen LogP contribution in [-0.2, 0) is 25.8 Å². The fraction of sp³-hybridized carbons (Fsp3) is 0.636. The molecule has 0 bridgehead atoms. The average Bonchev–Trinajstić information content (AvgIpc) is 3.47. The molecule has 0 atom stereocenters. The molecule has 0 N–H and O–H groups in total. The Bertz CT molecular complexity index is 564. The maximum atomic E-state index is 3.50. The minimum atomic E-state index is -1.29. The van der Waals surface area contributed by atoms with Crippen LogP contribution in [0.15, 0.2) is 34.7 Å². The van der Waals surface area contributed by atoms with Crippen molar-refractivity contribution < 1.29 is 50.7 Å². The molecule has 4 rings (SSSR count). The molecule has 2 nitrogen and oxygen atoms in total. The van der Waals surface area contributed by atoms with Crippen LogP contribution in [-0.4, -0.2) is 51.8 Å². The van der Waals surface area contributed by atoms with Gasteiger partial charge in [-0.05, 0) is 51.9 Å². The first-order chi connectivity index (χ1) is 12.4. The largest absolute Gasteiger partial charge is 4.00 e. The van der Waals surface area contributed by atoms with Crippen LogP contribution in [0.4, 0.5) is 0 Å². The molecule has 0 unspecified atom stereocenters. The van der Waals surface area contributed by atoms with Crippen molar-refractivity contribution in [1.29, 1.82) is 0 Å². The Kier molecular flexibility index (Phi) is 13.7. The van der Waals surface area contributed by atoms with E-state index in [0.717, 1.165) is 12.8 Å². The second kappa shape index (κ2) is 13.3. The van der Waals surface area contributed by atoms with E-state index in [4.69, 9.17) is 0 Å². The third-order valence-electron chi connectivity index (χ3n) is 6.50. The molecule has 2 fully saturated rings. The molecule has 160 valence electrons. The molecule has 2 aliphatic carbocycles. The van der Waals surface area contributed by atoms with Gasteiger partial charge in [-0.15, -0.1) is 12.8 Å². The molecule has 0 aromatic heterocycles. The summed E-state index contributed by atoms with van der Waals surface area (Å²) in [4.78, 5) is 0. The predicted octanol–water partition coefficient (Wildman–Crippen LogP) is -0.963. The fourth-order valence-corrected chi connectivity index (χ4v) is 10.2. The molecule has 0 radical (unpaired) electrons. The van der Waals surface area contributed by atoms with Crippen molar-refractivity contribution in [2.45, 2.75) is 64.7 Å². The van der Waals surface area contributed by atoms with Gasteiger partial charge in [-0.2, -0.15) is 12.2 Å². The van der Waals surface area contributed by atoms with Crippen molar-refractivity contribution in [3.8, 4) is 0 Å². The summed E-state index contributed by atoms with van der Waals surface area (Å²) in [6.07, 6.45) is 23.7. The van der Waals surface area contributed by atoms with Gasteiger partial charge in [0.2, 0.25) is 0 Å². The Morgan fingerprint density at radius 1 is 0.655 bits per heavy atom. The first-order valence-electron chi connectivity index (χ1n) is 10.5. The number of hydrogen-bond donors (Lipinski definition) is 0. The summed E-state index contributed by atoms with van der Waals surface area (Å²) in [5, 5.41) is 3.05. The molecule has 7 heteroatoms. The zero-order chi connectivity index (χ0) is 18.6. The maximum absolute atomic E-state index is 3.50. The summed E-state index contributed by atoms with van der Waals surface area (Å²) in [6.45, 7) is 15.1. The molecule has 0 saturated carbocycles. The SMILES string of the molecule is C[Si](C)(C1=[C-]CC=C1)N1CCCC1.C[Si](C)(C1=[C-]CC=C1)N1CCCC1.[Cl-].[Cl-].[Hf+4]. The van der Waals surface area contributed by atoms with E-state index < -0.39 is 16.5 Å². The molecular weight excluding hydrogens is 598 g/mol. The number of nitrogens with zero attached hydrogens (tertiary/aromatic N) is 2. The van der Waals surface area contributed by atoms with Gasteiger partial charge in [0.05, 0.1) is 0 Å². The van der Waals surface area contributed by atoms with Crippen LogP contribution in [0.25, 0.3) is 0 Å². The van der Waals surface area contributed by atoms with Crippen molar-refractivity contribution in [1.82, 2.24) is 9.13 Å². The van der Waals surface area contributed by atoms with Crippen LogP contribution in [0.3, 0.4) is 0 Å². The summed E-state index contributed by atoms with van der Waals surface area (Å²) >= 11 is 0. The fourth-order valence-electron chi connectivity index (χ4n) is 4.54. The molecule has 0 aromatic rings. The molecule has 0 aromatic carbocycles. The van der Waals surface area contributed by atoms with E-state index in [2.05, 4.69) is 71.8 Å². The van der Waals surface area contributed by atoms with Gasteiger partial charge >= 0.3 is 25.8 Å². The van der Waals surface area contributed by atoms with Crippen molar-refractivity contribution in [3.05, 3.63) is 46.8 Å². The van der Waals surface area contributed by atoms with Crippen molar-refractivity contribution in [3.63, 3.8) is 0 Å². The summed E-state index contributed by atoms with van der Waals surface area (Å²) in [5.74, 6) is 0. The summed E-state index contributed by atoms with van der Waals surface area (Å²) in [6, 6.07) is 0. The van der Waals surface area contributed by atoms with E-state index in [1.807, 2.05) is 0 Å². The number of hydrogen-bond acceptors (Lipinski definition) is 2. The van der Waals surface area contributed by atoms with Crippen LogP contribution in [0, 0.1) is 12.2 Å². The van der Waals surface area contributed by atoms with Crippen LogP contribution in [0.5, 0.6) is 0 Å². The minimum Gasteiger partial charge on any atom is -1.00 e. The number of halogens is 2. The Labute approximate surface area is 212 Å². The molecule has 2 heterocycles. The molecular formula is C22H36Cl2HfN2Si2. The van der Waals surface area contributed by atoms with Gasteiger partial charge in [-0.3, -0.25) is 12.2 Å². The summed E-state index contributed by atoms with van der Waals surface area (Å²) in [7, 11) is -2.57. The van der Waals surface area contributed by atoms with Crippen LogP contribution >= 0.6 is 0 Å². The van der Waals surface area contributed by atoms with E-state index in [1.165, 1.54) is 62.3 Å². The molecule has 4 aliphatic rings. The minimum absolute atomic E-state index is 0. The Morgan fingerprint density at radius 3 is 1.21 bits per heavy atom. The molecule has 29 heavy (non-hydrogen) atoms. The quantitative estimate of drug-likeness (QED) is 0.291. The number of allylic oxidation sites excluding steroid dienone is 8. The Morgan fingerprint density at radius 2 is 0.966 bits per heavy atom. The second-order valence-corrected chi connectivity index (χ2v) is 17.5. The van der Waals surface area contributed by atoms with Gasteiger partial charge in [0.25, 0.3) is 0 Å². The van der Waals surface area contributed by atoms with Gasteiger partial charge in [0, 0.05) is 0 Å². The van der Waals surface area contributed by atoms with Crippen LogP contribution < -0.4 is 24.8 Å². The monoisotopic (exact) mass is 634 g/mol. The maximum Gasteiger partial charge on any atom is 4.00 e. The van der Waals surface area contributed by atoms with E-state index in [0.29, 0.717) is 0 Å². The van der Waals surface area contributed by atoms with E-state index in [9.17, 15) is 0 Å². The first-order valence-corrected chi connectivity index (χ1v) is 16.4. The molecule has 2 saturated heterocycles. The van der Waals surface area contributed by atoms with Crippen LogP contribution in [0.2, 0.25) is 26.2 Å². The number of rotatable bonds is 4. The third-order valence-corrected chi connectivity index (χ3v) is 13.9. The topological polar surface area (TPSA) is 6.48 Å². The van der Waals surface area contributed by atoms with E-state index in [-0.39, 0.29) is 50.7 Å². The Hall–Kier alpha value is 0.764. The smallest absolute Gasteiger partial charge is 1.00 e. The van der Waals surface area contributed by atoms with Crippen molar-refractivity contribution >= 4 is 16.5 Å². The standard InChI is InChI=1S/2C11H18NSi.2ClH.Hf/c2*1-13(2,11-7-3-4-8-11)12-9-5-6-10-12;;;/h2*3,7H,4-6,9-10H2,1-2H3;2*1H;/q2*-1;;;+4/p-2. The zero-order valence-corrected chi connectivity index (χ0v) is 25.6. The summed E-state index contributed by atoms with van der Waals surface area (Å²) in [5.41, 5.74) is 0. The molecule has 0 spiro atoms. The summed E-state index contributed by atoms with van der Waals surface area (Å²) < 4.78 is 5.43. The zero-order valence-electron chi connectivity index (χ0n) is 18.5. The van der Waals surface area contributed by atoms with Gasteiger partial charge < -0.3 is 33.9 Å². The first kappa shape index (κ1) is 29.8. The van der Waals surface area contributed by atoms with E-state index in [1.54, 1.807) is 0 Å². The van der Waals surface area contributed by atoms with Gasteiger partial charge in [0.15, 0.2) is 0 Å². The third kappa shape index (κ3) is 7.40. The van der Waals surface area contributed by atoms with Gasteiger partial charge in [0.1, 0.15) is 16.5 Å². The van der Waals surface area contributed by atoms with Gasteiger partial charge in [-0.1, -0.05) is 26.2 Å². The normalized spacial score (nSPS) is 21.5. The van der Waals surface area contributed by atoms with Crippen LogP contribution in [0.1, 0.15) is 38.5 Å². The average molecular weight is 634 g/mol. The van der Waals surface area contributed by atoms with Crippen molar-refractivity contribution in [2.75, 3.05) is 26.2 Å². The Balaban J connectivity index is 0.000000490. The van der Waals surface area contributed by atoms with E-state index >= 15 is 0 Å². The molecule has 0 amide bonds. The van der Waals surface area contributed by atoms with Crippen molar-refractivity contribution in [2.24, 2.45) is 0 Å². The molecule has 2 aliphatic heterocycles.